The predicted molar refractivity (Wildman–Crippen MR) is 77.5 cm³/mol. The first-order valence-electron chi connectivity index (χ1n) is 5.84. The molecule has 0 aliphatic rings. The SMILES string of the molecule is C=C(C)c1ccc(Nc2ccc([N+](=O)[O-])cc2)cc1. The molecule has 0 saturated heterocycles. The number of hydrogen-bond acceptors (Lipinski definition) is 3. The molecule has 19 heavy (non-hydrogen) atoms. The highest BCUT2D eigenvalue weighted by Gasteiger charge is 2.03. The number of anilines is 2. The zero-order chi connectivity index (χ0) is 13.8. The fourth-order valence-corrected chi connectivity index (χ4v) is 1.67. The maximum Gasteiger partial charge on any atom is 0.269 e. The van der Waals surface area contributed by atoms with Crippen LogP contribution in [0.25, 0.3) is 5.57 Å². The summed E-state index contributed by atoms with van der Waals surface area (Å²) in [5.41, 5.74) is 3.94. The van der Waals surface area contributed by atoms with E-state index in [0.717, 1.165) is 22.5 Å². The highest BCUT2D eigenvalue weighted by atomic mass is 16.6. The molecule has 2 rings (SSSR count). The van der Waals surface area contributed by atoms with Crippen LogP contribution in [0, 0.1) is 10.1 Å². The Bertz CT molecular complexity index is 546. The molecule has 4 nitrogen and oxygen atoms in total. The van der Waals surface area contributed by atoms with Gasteiger partial charge in [-0.1, -0.05) is 24.3 Å². The fourth-order valence-electron chi connectivity index (χ4n) is 1.67. The minimum atomic E-state index is -0.411. The first-order chi connectivity index (χ1) is 9.06. The Balaban J connectivity index is 2.12. The van der Waals surface area contributed by atoms with Crippen molar-refractivity contribution >= 4 is 22.6 Å². The van der Waals surface area contributed by atoms with Gasteiger partial charge in [0.25, 0.3) is 5.69 Å². The standard InChI is InChI=1S/C15H14N2O2/c1-11(2)12-3-5-13(6-4-12)16-14-7-9-15(10-8-14)17(18)19/h3-10,16H,1H2,2H3. The van der Waals surface area contributed by atoms with E-state index in [-0.39, 0.29) is 5.69 Å². The van der Waals surface area contributed by atoms with Crippen LogP contribution < -0.4 is 5.32 Å². The Kier molecular flexibility index (Phi) is 3.61. The van der Waals surface area contributed by atoms with Gasteiger partial charge in [-0.15, -0.1) is 0 Å². The second-order valence-corrected chi connectivity index (χ2v) is 4.29. The summed E-state index contributed by atoms with van der Waals surface area (Å²) in [6.45, 7) is 5.84. The molecule has 0 unspecified atom stereocenters. The molecule has 0 fully saturated rings. The molecule has 2 aromatic rings. The molecule has 0 spiro atoms. The summed E-state index contributed by atoms with van der Waals surface area (Å²) in [4.78, 5) is 10.1. The minimum Gasteiger partial charge on any atom is -0.356 e. The van der Waals surface area contributed by atoms with Gasteiger partial charge in [0.15, 0.2) is 0 Å². The third-order valence-corrected chi connectivity index (χ3v) is 2.74. The number of benzene rings is 2. The van der Waals surface area contributed by atoms with Crippen molar-refractivity contribution in [2.24, 2.45) is 0 Å². The molecule has 0 atom stereocenters. The van der Waals surface area contributed by atoms with E-state index in [1.807, 2.05) is 31.2 Å². The van der Waals surface area contributed by atoms with Gasteiger partial charge < -0.3 is 5.32 Å². The van der Waals surface area contributed by atoms with Gasteiger partial charge in [0.2, 0.25) is 0 Å². The average Bonchev–Trinajstić information content (AvgIpc) is 2.40. The van der Waals surface area contributed by atoms with Crippen molar-refractivity contribution in [3.8, 4) is 0 Å². The maximum absolute atomic E-state index is 10.5. The second kappa shape index (κ2) is 5.35. The van der Waals surface area contributed by atoms with Crippen LogP contribution in [0.2, 0.25) is 0 Å². The van der Waals surface area contributed by atoms with Crippen molar-refractivity contribution in [1.29, 1.82) is 0 Å². The Labute approximate surface area is 111 Å². The lowest BCUT2D eigenvalue weighted by Crippen LogP contribution is -1.92. The van der Waals surface area contributed by atoms with Crippen LogP contribution in [0.4, 0.5) is 17.1 Å². The lowest BCUT2D eigenvalue weighted by Gasteiger charge is -2.07. The molecule has 0 saturated carbocycles. The van der Waals surface area contributed by atoms with E-state index in [2.05, 4.69) is 11.9 Å². The zero-order valence-corrected chi connectivity index (χ0v) is 10.6. The molecule has 0 bridgehead atoms. The highest BCUT2D eigenvalue weighted by molar-refractivity contribution is 5.66. The molecular formula is C15H14N2O2. The van der Waals surface area contributed by atoms with Crippen molar-refractivity contribution in [3.05, 3.63) is 70.8 Å². The van der Waals surface area contributed by atoms with Crippen LogP contribution in [-0.2, 0) is 0 Å². The molecule has 0 radical (unpaired) electrons. The molecule has 0 amide bonds. The van der Waals surface area contributed by atoms with E-state index in [0.29, 0.717) is 0 Å². The monoisotopic (exact) mass is 254 g/mol. The number of hydrogen-bond donors (Lipinski definition) is 1. The lowest BCUT2D eigenvalue weighted by molar-refractivity contribution is -0.384. The molecule has 2 aromatic carbocycles. The highest BCUT2D eigenvalue weighted by Crippen LogP contribution is 2.21. The number of non-ortho nitro benzene ring substituents is 1. The average molecular weight is 254 g/mol. The number of nitrogens with zero attached hydrogens (tertiary/aromatic N) is 1. The fraction of sp³-hybridized carbons (Fsp3) is 0.0667. The zero-order valence-electron chi connectivity index (χ0n) is 10.6. The molecule has 0 aromatic heterocycles. The van der Waals surface area contributed by atoms with Crippen molar-refractivity contribution in [3.63, 3.8) is 0 Å². The van der Waals surface area contributed by atoms with Crippen LogP contribution >= 0.6 is 0 Å². The first-order valence-corrected chi connectivity index (χ1v) is 5.84. The number of nitro groups is 1. The van der Waals surface area contributed by atoms with Gasteiger partial charge in [-0.05, 0) is 36.8 Å². The number of nitro benzene ring substituents is 1. The Morgan fingerprint density at radius 2 is 1.53 bits per heavy atom. The van der Waals surface area contributed by atoms with Gasteiger partial charge in [-0.3, -0.25) is 10.1 Å². The van der Waals surface area contributed by atoms with Crippen LogP contribution in [-0.4, -0.2) is 4.92 Å². The minimum absolute atomic E-state index is 0.0863. The summed E-state index contributed by atoms with van der Waals surface area (Å²) in [6.07, 6.45) is 0. The van der Waals surface area contributed by atoms with E-state index in [1.165, 1.54) is 12.1 Å². The predicted octanol–water partition coefficient (Wildman–Crippen LogP) is 4.37. The maximum atomic E-state index is 10.5. The summed E-state index contributed by atoms with van der Waals surface area (Å²) in [5, 5.41) is 13.7. The van der Waals surface area contributed by atoms with Crippen LogP contribution in [0.3, 0.4) is 0 Å². The Morgan fingerprint density at radius 1 is 1.05 bits per heavy atom. The van der Waals surface area contributed by atoms with E-state index in [1.54, 1.807) is 12.1 Å². The molecule has 1 N–H and O–H groups in total. The second-order valence-electron chi connectivity index (χ2n) is 4.29. The first kappa shape index (κ1) is 12.8. The molecular weight excluding hydrogens is 240 g/mol. The van der Waals surface area contributed by atoms with Crippen molar-refractivity contribution in [1.82, 2.24) is 0 Å². The van der Waals surface area contributed by atoms with Gasteiger partial charge in [-0.2, -0.15) is 0 Å². The third-order valence-electron chi connectivity index (χ3n) is 2.74. The van der Waals surface area contributed by atoms with Gasteiger partial charge in [0, 0.05) is 23.5 Å². The van der Waals surface area contributed by atoms with Crippen LogP contribution in [0.15, 0.2) is 55.1 Å². The Hall–Kier alpha value is -2.62. The number of nitrogens with one attached hydrogen (secondary N) is 1. The summed E-state index contributed by atoms with van der Waals surface area (Å²) in [6, 6.07) is 14.2. The molecule has 0 aliphatic carbocycles. The van der Waals surface area contributed by atoms with Crippen molar-refractivity contribution in [2.75, 3.05) is 5.32 Å². The van der Waals surface area contributed by atoms with E-state index in [4.69, 9.17) is 0 Å². The number of rotatable bonds is 4. The van der Waals surface area contributed by atoms with Gasteiger partial charge in [0.05, 0.1) is 4.92 Å². The largest absolute Gasteiger partial charge is 0.356 e. The van der Waals surface area contributed by atoms with Gasteiger partial charge in [-0.25, -0.2) is 0 Å². The van der Waals surface area contributed by atoms with Gasteiger partial charge in [0.1, 0.15) is 0 Å². The summed E-state index contributed by atoms with van der Waals surface area (Å²) in [5.74, 6) is 0. The van der Waals surface area contributed by atoms with Crippen LogP contribution in [0.1, 0.15) is 12.5 Å². The Morgan fingerprint density at radius 3 is 1.95 bits per heavy atom. The molecule has 0 aliphatic heterocycles. The van der Waals surface area contributed by atoms with E-state index >= 15 is 0 Å². The molecule has 96 valence electrons. The summed E-state index contributed by atoms with van der Waals surface area (Å²) >= 11 is 0. The van der Waals surface area contributed by atoms with Crippen molar-refractivity contribution < 1.29 is 4.92 Å². The van der Waals surface area contributed by atoms with Gasteiger partial charge >= 0.3 is 0 Å². The smallest absolute Gasteiger partial charge is 0.269 e. The number of allylic oxidation sites excluding steroid dienone is 1. The molecule has 0 heterocycles. The van der Waals surface area contributed by atoms with E-state index in [9.17, 15) is 10.1 Å². The third kappa shape index (κ3) is 3.19. The van der Waals surface area contributed by atoms with Crippen molar-refractivity contribution in [2.45, 2.75) is 6.92 Å². The topological polar surface area (TPSA) is 55.2 Å². The van der Waals surface area contributed by atoms with Crippen LogP contribution in [0.5, 0.6) is 0 Å². The molecule has 4 heteroatoms. The quantitative estimate of drug-likeness (QED) is 0.651. The lowest BCUT2D eigenvalue weighted by atomic mass is 10.1. The normalized spacial score (nSPS) is 9.95. The van der Waals surface area contributed by atoms with E-state index < -0.39 is 4.92 Å². The summed E-state index contributed by atoms with van der Waals surface area (Å²) < 4.78 is 0. The summed E-state index contributed by atoms with van der Waals surface area (Å²) in [7, 11) is 0.